The van der Waals surface area contributed by atoms with Gasteiger partial charge in [0.1, 0.15) is 0 Å². The summed E-state index contributed by atoms with van der Waals surface area (Å²) in [7, 11) is 1.64. The Bertz CT molecular complexity index is 1270. The molecular weight excluding hydrogens is 460 g/mol. The van der Waals surface area contributed by atoms with E-state index in [9.17, 15) is 4.79 Å². The minimum absolute atomic E-state index is 0.0815. The molecule has 5 nitrogen and oxygen atoms in total. The number of hydrogen-bond acceptors (Lipinski definition) is 5. The number of carbonyl (C=O) groups excluding carboxylic acids is 1. The van der Waals surface area contributed by atoms with Crippen molar-refractivity contribution in [1.29, 1.82) is 0 Å². The van der Waals surface area contributed by atoms with Crippen LogP contribution in [-0.2, 0) is 4.79 Å². The number of nitrogens with one attached hydrogen (secondary N) is 2. The first-order chi connectivity index (χ1) is 17.1. The van der Waals surface area contributed by atoms with E-state index < -0.39 is 0 Å². The Morgan fingerprint density at radius 1 is 0.971 bits per heavy atom. The molecule has 2 N–H and O–H groups in total. The quantitative estimate of drug-likeness (QED) is 0.387. The van der Waals surface area contributed by atoms with E-state index in [-0.39, 0.29) is 17.7 Å². The van der Waals surface area contributed by atoms with Crippen LogP contribution in [0.25, 0.3) is 0 Å². The molecular formula is C29H29ClN2O3. The average molecular weight is 489 g/mol. The van der Waals surface area contributed by atoms with Crippen LogP contribution in [0.1, 0.15) is 49.3 Å². The van der Waals surface area contributed by atoms with E-state index in [1.165, 1.54) is 0 Å². The molecule has 0 saturated carbocycles. The van der Waals surface area contributed by atoms with Gasteiger partial charge in [-0.1, -0.05) is 54.9 Å². The van der Waals surface area contributed by atoms with E-state index in [0.717, 1.165) is 46.6 Å². The molecule has 2 aliphatic rings. The topological polar surface area (TPSA) is 59.6 Å². The van der Waals surface area contributed by atoms with Crippen molar-refractivity contribution in [2.45, 2.75) is 38.1 Å². The Hall–Kier alpha value is -3.44. The van der Waals surface area contributed by atoms with Crippen molar-refractivity contribution in [2.24, 2.45) is 0 Å². The van der Waals surface area contributed by atoms with E-state index in [4.69, 9.17) is 21.1 Å². The third-order valence-corrected chi connectivity index (χ3v) is 6.89. The summed E-state index contributed by atoms with van der Waals surface area (Å²) in [4.78, 5) is 13.8. The molecule has 0 saturated heterocycles. The van der Waals surface area contributed by atoms with Gasteiger partial charge in [-0.05, 0) is 54.7 Å². The van der Waals surface area contributed by atoms with Crippen LogP contribution in [-0.4, -0.2) is 19.5 Å². The second-order valence-corrected chi connectivity index (χ2v) is 9.38. The Morgan fingerprint density at radius 2 is 1.74 bits per heavy atom. The monoisotopic (exact) mass is 488 g/mol. The van der Waals surface area contributed by atoms with Gasteiger partial charge in [-0.15, -0.1) is 0 Å². The predicted molar refractivity (Wildman–Crippen MR) is 141 cm³/mol. The fourth-order valence-corrected chi connectivity index (χ4v) is 5.10. The molecule has 180 valence electrons. The molecule has 0 bridgehead atoms. The Labute approximate surface area is 211 Å². The van der Waals surface area contributed by atoms with Gasteiger partial charge in [-0.25, -0.2) is 0 Å². The number of anilines is 2. The normalized spacial score (nSPS) is 19.1. The van der Waals surface area contributed by atoms with Gasteiger partial charge in [0.15, 0.2) is 17.3 Å². The maximum Gasteiger partial charge on any atom is 0.166 e. The number of allylic oxidation sites excluding steroid dienone is 1. The third-order valence-electron chi connectivity index (χ3n) is 6.64. The van der Waals surface area contributed by atoms with Gasteiger partial charge in [0, 0.05) is 28.3 Å². The van der Waals surface area contributed by atoms with Gasteiger partial charge < -0.3 is 20.1 Å². The van der Waals surface area contributed by atoms with Crippen LogP contribution in [0.2, 0.25) is 5.02 Å². The number of ketones is 1. The first-order valence-corrected chi connectivity index (χ1v) is 12.4. The summed E-state index contributed by atoms with van der Waals surface area (Å²) in [6, 6.07) is 21.4. The van der Waals surface area contributed by atoms with Crippen LogP contribution in [0.4, 0.5) is 11.4 Å². The molecule has 0 amide bonds. The second kappa shape index (κ2) is 10.0. The zero-order chi connectivity index (χ0) is 24.4. The van der Waals surface area contributed by atoms with Crippen molar-refractivity contribution in [1.82, 2.24) is 0 Å². The summed E-state index contributed by atoms with van der Waals surface area (Å²) in [5.74, 6) is 1.53. The third kappa shape index (κ3) is 4.61. The number of carbonyl (C=O) groups is 1. The van der Waals surface area contributed by atoms with Crippen LogP contribution >= 0.6 is 11.6 Å². The highest BCUT2D eigenvalue weighted by Crippen LogP contribution is 2.47. The Morgan fingerprint density at radius 3 is 2.49 bits per heavy atom. The smallest absolute Gasteiger partial charge is 0.166 e. The number of Topliss-reactive ketones (excluding diaryl/α,β-unsaturated/α-hetero) is 1. The van der Waals surface area contributed by atoms with Crippen molar-refractivity contribution in [2.75, 3.05) is 24.4 Å². The molecule has 1 aliphatic carbocycles. The number of para-hydroxylation sites is 3. The molecule has 35 heavy (non-hydrogen) atoms. The summed E-state index contributed by atoms with van der Waals surface area (Å²) >= 11 is 6.11. The number of halogens is 1. The highest BCUT2D eigenvalue weighted by molar-refractivity contribution is 6.30. The molecule has 5 rings (SSSR count). The van der Waals surface area contributed by atoms with Crippen LogP contribution in [0.3, 0.4) is 0 Å². The first kappa shape index (κ1) is 23.3. The predicted octanol–water partition coefficient (Wildman–Crippen LogP) is 7.12. The standard InChI is InChI=1S/C29H29ClN2O3/c1-3-15-35-29-21(7-6-10-26(29)34-2)28-27-24(31-22-8-4-5-9-23(22)32-28)16-19(17-25(27)33)18-11-13-20(30)14-12-18/h4-14,19,28,31-32H,3,15-17H2,1-2H3. The molecule has 0 fully saturated rings. The van der Waals surface area contributed by atoms with Crippen molar-refractivity contribution >= 4 is 28.8 Å². The van der Waals surface area contributed by atoms with E-state index in [1.54, 1.807) is 7.11 Å². The van der Waals surface area contributed by atoms with E-state index in [1.807, 2.05) is 66.7 Å². The van der Waals surface area contributed by atoms with Gasteiger partial charge >= 0.3 is 0 Å². The van der Waals surface area contributed by atoms with Crippen molar-refractivity contribution in [3.05, 3.63) is 94.1 Å². The van der Waals surface area contributed by atoms with Crippen LogP contribution in [0, 0.1) is 0 Å². The lowest BCUT2D eigenvalue weighted by atomic mass is 9.78. The molecule has 2 unspecified atom stereocenters. The fraction of sp³-hybridized carbons (Fsp3) is 0.276. The van der Waals surface area contributed by atoms with Crippen LogP contribution in [0.5, 0.6) is 11.5 Å². The number of fused-ring (bicyclic) bond motifs is 1. The lowest BCUT2D eigenvalue weighted by Crippen LogP contribution is -2.27. The SMILES string of the molecule is CCCOc1c(OC)cccc1C1Nc2ccccc2NC2=C1C(=O)CC(c1ccc(Cl)cc1)C2. The van der Waals surface area contributed by atoms with Gasteiger partial charge in [-0.2, -0.15) is 0 Å². The minimum atomic E-state index is -0.373. The summed E-state index contributed by atoms with van der Waals surface area (Å²) in [6.45, 7) is 2.63. The molecule has 1 heterocycles. The summed E-state index contributed by atoms with van der Waals surface area (Å²) in [5.41, 5.74) is 5.58. The van der Waals surface area contributed by atoms with Crippen molar-refractivity contribution in [3.63, 3.8) is 0 Å². The minimum Gasteiger partial charge on any atom is -0.493 e. The molecule has 0 spiro atoms. The van der Waals surface area contributed by atoms with E-state index >= 15 is 0 Å². The first-order valence-electron chi connectivity index (χ1n) is 12.0. The maximum absolute atomic E-state index is 13.8. The van der Waals surface area contributed by atoms with Crippen LogP contribution in [0.15, 0.2) is 78.0 Å². The molecule has 1 aliphatic heterocycles. The molecule has 0 aromatic heterocycles. The lowest BCUT2D eigenvalue weighted by molar-refractivity contribution is -0.116. The lowest BCUT2D eigenvalue weighted by Gasteiger charge is -2.31. The summed E-state index contributed by atoms with van der Waals surface area (Å²) in [5, 5.41) is 7.93. The van der Waals surface area contributed by atoms with Gasteiger partial charge in [0.2, 0.25) is 0 Å². The number of rotatable bonds is 6. The highest BCUT2D eigenvalue weighted by Gasteiger charge is 2.37. The largest absolute Gasteiger partial charge is 0.493 e. The van der Waals surface area contributed by atoms with Crippen LogP contribution < -0.4 is 20.1 Å². The molecule has 3 aromatic carbocycles. The average Bonchev–Trinajstić information content (AvgIpc) is 3.04. The molecule has 3 aromatic rings. The number of benzene rings is 3. The van der Waals surface area contributed by atoms with E-state index in [2.05, 4.69) is 17.6 Å². The number of methoxy groups -OCH3 is 1. The zero-order valence-corrected chi connectivity index (χ0v) is 20.7. The number of hydrogen-bond donors (Lipinski definition) is 2. The fourth-order valence-electron chi connectivity index (χ4n) is 4.98. The number of ether oxygens (including phenoxy) is 2. The van der Waals surface area contributed by atoms with Gasteiger partial charge in [0.25, 0.3) is 0 Å². The highest BCUT2D eigenvalue weighted by atomic mass is 35.5. The Kier molecular flexibility index (Phi) is 6.69. The molecule has 2 atom stereocenters. The summed E-state index contributed by atoms with van der Waals surface area (Å²) in [6.07, 6.45) is 2.03. The van der Waals surface area contributed by atoms with Gasteiger partial charge in [-0.3, -0.25) is 4.79 Å². The molecule has 0 radical (unpaired) electrons. The Balaban J connectivity index is 1.63. The second-order valence-electron chi connectivity index (χ2n) is 8.95. The zero-order valence-electron chi connectivity index (χ0n) is 19.9. The van der Waals surface area contributed by atoms with Crippen molar-refractivity contribution in [3.8, 4) is 11.5 Å². The maximum atomic E-state index is 13.8. The molecule has 6 heteroatoms. The summed E-state index contributed by atoms with van der Waals surface area (Å²) < 4.78 is 11.8. The van der Waals surface area contributed by atoms with Crippen molar-refractivity contribution < 1.29 is 14.3 Å². The van der Waals surface area contributed by atoms with Gasteiger partial charge in [0.05, 0.1) is 31.1 Å². The van der Waals surface area contributed by atoms with E-state index in [0.29, 0.717) is 29.5 Å².